The van der Waals surface area contributed by atoms with Gasteiger partial charge in [-0.3, -0.25) is 9.69 Å². The van der Waals surface area contributed by atoms with Gasteiger partial charge in [0.1, 0.15) is 15.5 Å². The average Bonchev–Trinajstić information content (AvgIpc) is 3.26. The summed E-state index contributed by atoms with van der Waals surface area (Å²) in [7, 11) is -3.10. The molecule has 1 amide bonds. The third-order valence-electron chi connectivity index (χ3n) is 4.51. The van der Waals surface area contributed by atoms with Gasteiger partial charge >= 0.3 is 0 Å². The number of nitrogens with zero attached hydrogens (tertiary/aromatic N) is 2. The molecule has 2 aliphatic heterocycles. The van der Waals surface area contributed by atoms with Crippen LogP contribution in [0.4, 0.5) is 5.69 Å². The van der Waals surface area contributed by atoms with Crippen molar-refractivity contribution in [1.82, 2.24) is 0 Å². The number of hydrogen-bond donors (Lipinski definition) is 0. The van der Waals surface area contributed by atoms with Crippen LogP contribution in [-0.2, 0) is 14.6 Å². The Labute approximate surface area is 179 Å². The number of rotatable bonds is 5. The molecule has 4 rings (SSSR count). The summed E-state index contributed by atoms with van der Waals surface area (Å²) in [4.78, 5) is 19.2. The van der Waals surface area contributed by atoms with Gasteiger partial charge in [0, 0.05) is 12.0 Å². The molecule has 0 saturated carbocycles. The molecule has 0 N–H and O–H groups in total. The molecule has 9 heteroatoms. The topological polar surface area (TPSA) is 85.3 Å². The molecule has 2 aromatic carbocycles. The molecule has 0 unspecified atom stereocenters. The molecule has 0 aliphatic carbocycles. The highest BCUT2D eigenvalue weighted by Crippen LogP contribution is 2.34. The van der Waals surface area contributed by atoms with E-state index in [2.05, 4.69) is 4.99 Å². The Kier molecular flexibility index (Phi) is 5.57. The molecule has 30 heavy (non-hydrogen) atoms. The van der Waals surface area contributed by atoms with Crippen LogP contribution in [0.5, 0.6) is 11.5 Å². The van der Waals surface area contributed by atoms with E-state index in [0.29, 0.717) is 28.1 Å². The largest absolute Gasteiger partial charge is 0.454 e. The number of hydrogen-bond acceptors (Lipinski definition) is 7. The Morgan fingerprint density at radius 3 is 2.60 bits per heavy atom. The Balaban J connectivity index is 1.65. The van der Waals surface area contributed by atoms with E-state index in [9.17, 15) is 13.2 Å². The summed E-state index contributed by atoms with van der Waals surface area (Å²) in [5, 5.41) is 0.458. The molecule has 0 saturated heterocycles. The van der Waals surface area contributed by atoms with Crippen LogP contribution in [0.3, 0.4) is 0 Å². The van der Waals surface area contributed by atoms with Gasteiger partial charge in [0.2, 0.25) is 6.79 Å². The molecule has 156 valence electrons. The molecule has 2 heterocycles. The second-order valence-electron chi connectivity index (χ2n) is 6.99. The van der Waals surface area contributed by atoms with Crippen LogP contribution in [0.1, 0.15) is 11.1 Å². The molecule has 0 radical (unpaired) electrons. The first-order valence-electron chi connectivity index (χ1n) is 9.22. The fourth-order valence-corrected chi connectivity index (χ4v) is 5.17. The number of fused-ring (bicyclic) bond motifs is 1. The molecular formula is C21H20N2O5S2. The van der Waals surface area contributed by atoms with Crippen LogP contribution in [0, 0.1) is 6.92 Å². The highest BCUT2D eigenvalue weighted by Gasteiger charge is 2.32. The minimum absolute atomic E-state index is 0.00776. The lowest BCUT2D eigenvalue weighted by Gasteiger charge is -2.17. The van der Waals surface area contributed by atoms with Gasteiger partial charge in [0.15, 0.2) is 16.7 Å². The highest BCUT2D eigenvalue weighted by atomic mass is 32.2. The summed E-state index contributed by atoms with van der Waals surface area (Å²) in [5.74, 6) is 1.34. The van der Waals surface area contributed by atoms with Crippen LogP contribution in [0.25, 0.3) is 6.08 Å². The average molecular weight is 445 g/mol. The summed E-state index contributed by atoms with van der Waals surface area (Å²) in [6.45, 7) is 2.14. The van der Waals surface area contributed by atoms with Crippen molar-refractivity contribution in [2.75, 3.05) is 29.5 Å². The Hall–Kier alpha value is -2.78. The van der Waals surface area contributed by atoms with Gasteiger partial charge in [-0.1, -0.05) is 35.5 Å². The molecule has 2 aliphatic rings. The van der Waals surface area contributed by atoms with E-state index >= 15 is 0 Å². The number of amidine groups is 1. The van der Waals surface area contributed by atoms with Crippen molar-refractivity contribution in [3.8, 4) is 11.5 Å². The zero-order chi connectivity index (χ0) is 21.3. The highest BCUT2D eigenvalue weighted by molar-refractivity contribution is 8.14. The second-order valence-corrected chi connectivity index (χ2v) is 10.3. The molecule has 7 nitrogen and oxygen atoms in total. The molecule has 0 aromatic heterocycles. The Morgan fingerprint density at radius 1 is 1.13 bits per heavy atom. The summed E-state index contributed by atoms with van der Waals surface area (Å²) >= 11 is 1.25. The molecule has 0 spiro atoms. The number of thioether (sulfide) groups is 1. The van der Waals surface area contributed by atoms with Crippen molar-refractivity contribution in [2.45, 2.75) is 6.92 Å². The number of aliphatic imine (C=N–C) groups is 1. The van der Waals surface area contributed by atoms with E-state index in [1.165, 1.54) is 22.9 Å². The quantitative estimate of drug-likeness (QED) is 0.658. The molecule has 2 aromatic rings. The first kappa shape index (κ1) is 20.5. The predicted molar refractivity (Wildman–Crippen MR) is 119 cm³/mol. The molecule has 0 bridgehead atoms. The second kappa shape index (κ2) is 8.16. The Morgan fingerprint density at radius 2 is 1.87 bits per heavy atom. The monoisotopic (exact) mass is 444 g/mol. The third-order valence-corrected chi connectivity index (χ3v) is 6.65. The van der Waals surface area contributed by atoms with Crippen LogP contribution in [0.2, 0.25) is 0 Å². The number of amides is 1. The zero-order valence-corrected chi connectivity index (χ0v) is 18.1. The predicted octanol–water partition coefficient (Wildman–Crippen LogP) is 3.25. The zero-order valence-electron chi connectivity index (χ0n) is 16.5. The summed E-state index contributed by atoms with van der Waals surface area (Å²) in [5.41, 5.74) is 2.80. The fourth-order valence-electron chi connectivity index (χ4n) is 2.96. The maximum absolute atomic E-state index is 13.2. The normalized spacial score (nSPS) is 17.0. The number of anilines is 1. The number of benzene rings is 2. The van der Waals surface area contributed by atoms with Crippen molar-refractivity contribution in [3.05, 3.63) is 59.3 Å². The minimum atomic E-state index is -3.10. The standard InChI is InChI=1S/C21H20N2O5S2/c1-14-3-6-16(7-4-14)23-20(24)17(22-21(23)29-9-10-30(2,25)26)11-15-5-8-18-19(12-15)28-13-27-18/h3-8,11-12H,9-10,13H2,1-2H3/b17-11-. The van der Waals surface area contributed by atoms with E-state index in [-0.39, 0.29) is 24.2 Å². The van der Waals surface area contributed by atoms with Crippen molar-refractivity contribution in [3.63, 3.8) is 0 Å². The van der Waals surface area contributed by atoms with Crippen LogP contribution in [-0.4, -0.2) is 44.0 Å². The van der Waals surface area contributed by atoms with Crippen LogP contribution < -0.4 is 14.4 Å². The van der Waals surface area contributed by atoms with E-state index in [4.69, 9.17) is 9.47 Å². The molecule has 0 fully saturated rings. The lowest BCUT2D eigenvalue weighted by molar-refractivity contribution is -0.113. The maximum atomic E-state index is 13.2. The number of aryl methyl sites for hydroxylation is 1. The fraction of sp³-hybridized carbons (Fsp3) is 0.238. The van der Waals surface area contributed by atoms with Crippen molar-refractivity contribution < 1.29 is 22.7 Å². The van der Waals surface area contributed by atoms with Crippen molar-refractivity contribution >= 4 is 44.4 Å². The maximum Gasteiger partial charge on any atom is 0.283 e. The van der Waals surface area contributed by atoms with Crippen molar-refractivity contribution in [1.29, 1.82) is 0 Å². The number of sulfone groups is 1. The van der Waals surface area contributed by atoms with Crippen LogP contribution >= 0.6 is 11.8 Å². The van der Waals surface area contributed by atoms with Gasteiger partial charge in [-0.05, 0) is 42.8 Å². The van der Waals surface area contributed by atoms with Gasteiger partial charge in [-0.15, -0.1) is 0 Å². The van der Waals surface area contributed by atoms with Gasteiger partial charge in [-0.25, -0.2) is 13.4 Å². The number of ether oxygens (including phenoxy) is 2. The lowest BCUT2D eigenvalue weighted by atomic mass is 10.1. The van der Waals surface area contributed by atoms with Gasteiger partial charge in [0.25, 0.3) is 5.91 Å². The van der Waals surface area contributed by atoms with E-state index < -0.39 is 9.84 Å². The van der Waals surface area contributed by atoms with Gasteiger partial charge in [0.05, 0.1) is 11.4 Å². The number of carbonyl (C=O) groups is 1. The van der Waals surface area contributed by atoms with Gasteiger partial charge < -0.3 is 9.47 Å². The summed E-state index contributed by atoms with van der Waals surface area (Å²) in [6.07, 6.45) is 2.88. The van der Waals surface area contributed by atoms with E-state index in [1.807, 2.05) is 37.3 Å². The third kappa shape index (κ3) is 4.52. The SMILES string of the molecule is Cc1ccc(N2C(=O)/C(=C/c3ccc4c(c3)OCO4)N=C2SCCS(C)(=O)=O)cc1. The summed E-state index contributed by atoms with van der Waals surface area (Å²) < 4.78 is 33.7. The minimum Gasteiger partial charge on any atom is -0.454 e. The van der Waals surface area contributed by atoms with Crippen molar-refractivity contribution in [2.24, 2.45) is 4.99 Å². The lowest BCUT2D eigenvalue weighted by Crippen LogP contribution is -2.30. The first-order valence-corrected chi connectivity index (χ1v) is 12.3. The van der Waals surface area contributed by atoms with Crippen LogP contribution in [0.15, 0.2) is 53.2 Å². The molecular weight excluding hydrogens is 424 g/mol. The van der Waals surface area contributed by atoms with Gasteiger partial charge in [-0.2, -0.15) is 0 Å². The molecule has 0 atom stereocenters. The summed E-state index contributed by atoms with van der Waals surface area (Å²) in [6, 6.07) is 12.9. The Bertz CT molecular complexity index is 1150. The van der Waals surface area contributed by atoms with E-state index in [1.54, 1.807) is 18.2 Å². The first-order chi connectivity index (χ1) is 14.3. The smallest absolute Gasteiger partial charge is 0.283 e. The number of carbonyl (C=O) groups excluding carboxylic acids is 1. The van der Waals surface area contributed by atoms with E-state index in [0.717, 1.165) is 11.1 Å².